The smallest absolute Gasteiger partial charge is 0.328 e. The number of nitrogens with one attached hydrogen (secondary N) is 2. The maximum Gasteiger partial charge on any atom is 0.328 e. The average Bonchev–Trinajstić information content (AvgIpc) is 3.31. The van der Waals surface area contributed by atoms with Crippen LogP contribution in [0.25, 0.3) is 33.3 Å². The van der Waals surface area contributed by atoms with Gasteiger partial charge in [0.25, 0.3) is 5.91 Å². The van der Waals surface area contributed by atoms with Crippen molar-refractivity contribution >= 4 is 41.3 Å². The molecule has 0 saturated carbocycles. The Morgan fingerprint density at radius 1 is 1.00 bits per heavy atom. The van der Waals surface area contributed by atoms with E-state index in [2.05, 4.69) is 27.4 Å². The molecule has 39 heavy (non-hydrogen) atoms. The summed E-state index contributed by atoms with van der Waals surface area (Å²) >= 11 is 0. The number of aryl methyl sites for hydroxylation is 3. The van der Waals surface area contributed by atoms with Gasteiger partial charge >= 0.3 is 7.60 Å². The number of nitrogens with zero attached hydrogens (tertiary/aromatic N) is 2. The second kappa shape index (κ2) is 11.1. The van der Waals surface area contributed by atoms with E-state index >= 15 is 0 Å². The summed E-state index contributed by atoms with van der Waals surface area (Å²) in [5.74, 6) is 0.982. The molecule has 0 aliphatic heterocycles. The van der Waals surface area contributed by atoms with Gasteiger partial charge in [-0.25, -0.2) is 9.97 Å². The molecule has 0 fully saturated rings. The van der Waals surface area contributed by atoms with E-state index < -0.39 is 7.60 Å². The molecular weight excluding hydrogens is 511 g/mol. The Hall–Kier alpha value is -3.84. The van der Waals surface area contributed by atoms with Crippen molar-refractivity contribution in [2.24, 2.45) is 0 Å². The summed E-state index contributed by atoms with van der Waals surface area (Å²) in [5, 5.41) is 3.90. The lowest BCUT2D eigenvalue weighted by molar-refractivity contribution is 0.102. The van der Waals surface area contributed by atoms with Crippen LogP contribution in [0.5, 0.6) is 0 Å². The third-order valence-corrected chi connectivity index (χ3v) is 8.19. The predicted octanol–water partition coefficient (Wildman–Crippen LogP) is 6.80. The number of carbonyl (C=O) groups excluding carboxylic acids is 1. The van der Waals surface area contributed by atoms with Crippen LogP contribution in [0.3, 0.4) is 0 Å². The quantitative estimate of drug-likeness (QED) is 0.176. The second-order valence-electron chi connectivity index (χ2n) is 9.65. The number of fused-ring (bicyclic) bond motifs is 2. The monoisotopic (exact) mass is 542 g/mol. The highest BCUT2D eigenvalue weighted by atomic mass is 31.2. The highest BCUT2D eigenvalue weighted by molar-refractivity contribution is 7.52. The molecule has 1 amide bonds. The van der Waals surface area contributed by atoms with E-state index in [-0.39, 0.29) is 18.7 Å². The number of carbonyl (C=O) groups is 1. The van der Waals surface area contributed by atoms with Crippen molar-refractivity contribution in [3.05, 3.63) is 89.0 Å². The summed E-state index contributed by atoms with van der Waals surface area (Å²) in [5.41, 5.74) is 7.07. The van der Waals surface area contributed by atoms with Gasteiger partial charge in [-0.1, -0.05) is 30.3 Å². The topological polar surface area (TPSA) is 117 Å². The van der Waals surface area contributed by atoms with Crippen LogP contribution in [0.2, 0.25) is 0 Å². The van der Waals surface area contributed by atoms with Crippen LogP contribution in [0.1, 0.15) is 40.4 Å². The van der Waals surface area contributed by atoms with Gasteiger partial charge in [0.1, 0.15) is 11.6 Å². The first-order chi connectivity index (χ1) is 18.7. The molecule has 3 N–H and O–H groups in total. The molecule has 1 unspecified atom stereocenters. The zero-order chi connectivity index (χ0) is 27.6. The summed E-state index contributed by atoms with van der Waals surface area (Å²) in [6.45, 7) is 6.01. The Bertz CT molecular complexity index is 1710. The maximum absolute atomic E-state index is 13.0. The standard InChI is InChI=1S/C30H31N4O4P/c1-4-38-39(36,37)15-7-8-21-16-19(2)28(20(3)17-21)29-32-25-13-11-23(18-26(25)33-29)30(35)34-27-14-12-22-9-5-6-10-24(22)31-27/h5-6,9-14,16-18H,4,7-8,15H2,1-3H3,(H,32,33)(H,36,37)(H,31,34,35). The molecule has 9 heteroatoms. The second-order valence-corrected chi connectivity index (χ2v) is 11.6. The lowest BCUT2D eigenvalue weighted by Crippen LogP contribution is -2.12. The van der Waals surface area contributed by atoms with E-state index in [0.717, 1.165) is 50.0 Å². The molecule has 1 atom stereocenters. The summed E-state index contributed by atoms with van der Waals surface area (Å²) in [7, 11) is -3.52. The van der Waals surface area contributed by atoms with Gasteiger partial charge in [0.2, 0.25) is 0 Å². The number of rotatable bonds is 9. The van der Waals surface area contributed by atoms with Crippen LogP contribution >= 0.6 is 7.60 Å². The Morgan fingerprint density at radius 2 is 1.77 bits per heavy atom. The van der Waals surface area contributed by atoms with Crippen LogP contribution in [0.15, 0.2) is 66.7 Å². The van der Waals surface area contributed by atoms with Gasteiger partial charge in [0, 0.05) is 16.5 Å². The van der Waals surface area contributed by atoms with Gasteiger partial charge < -0.3 is 19.7 Å². The molecule has 2 heterocycles. The number of hydrogen-bond donors (Lipinski definition) is 3. The van der Waals surface area contributed by atoms with Gasteiger partial charge in [0.05, 0.1) is 29.3 Å². The molecule has 8 nitrogen and oxygen atoms in total. The Balaban J connectivity index is 1.33. The minimum Gasteiger partial charge on any atom is -0.338 e. The van der Waals surface area contributed by atoms with Crippen LogP contribution in [0.4, 0.5) is 5.82 Å². The van der Waals surface area contributed by atoms with Crippen LogP contribution < -0.4 is 5.32 Å². The molecule has 200 valence electrons. The SMILES string of the molecule is CCOP(=O)(O)CCCc1cc(C)c(-c2nc3ccc(C(=O)Nc4ccc5ccccc5n4)cc3[nH]2)c(C)c1. The van der Waals surface area contributed by atoms with E-state index in [0.29, 0.717) is 24.2 Å². The summed E-state index contributed by atoms with van der Waals surface area (Å²) in [4.78, 5) is 35.5. The first-order valence-corrected chi connectivity index (χ1v) is 14.7. The van der Waals surface area contributed by atoms with Crippen molar-refractivity contribution < 1.29 is 18.8 Å². The Morgan fingerprint density at radius 3 is 2.54 bits per heavy atom. The molecule has 0 saturated heterocycles. The van der Waals surface area contributed by atoms with E-state index in [1.54, 1.807) is 25.1 Å². The summed E-state index contributed by atoms with van der Waals surface area (Å²) < 4.78 is 16.9. The fraction of sp³-hybridized carbons (Fsp3) is 0.233. The highest BCUT2D eigenvalue weighted by Crippen LogP contribution is 2.42. The number of aromatic amines is 1. The molecule has 0 radical (unpaired) electrons. The van der Waals surface area contributed by atoms with Crippen molar-refractivity contribution in [3.63, 3.8) is 0 Å². The zero-order valence-electron chi connectivity index (χ0n) is 22.2. The highest BCUT2D eigenvalue weighted by Gasteiger charge is 2.18. The minimum absolute atomic E-state index is 0.136. The van der Waals surface area contributed by atoms with Gasteiger partial charge in [-0.2, -0.15) is 0 Å². The maximum atomic E-state index is 13.0. The Labute approximate surface area is 227 Å². The molecule has 0 aliphatic carbocycles. The van der Waals surface area contributed by atoms with Crippen LogP contribution in [-0.2, 0) is 15.5 Å². The molecule has 0 spiro atoms. The normalized spacial score (nSPS) is 13.0. The Kier molecular flexibility index (Phi) is 7.62. The predicted molar refractivity (Wildman–Crippen MR) is 155 cm³/mol. The van der Waals surface area contributed by atoms with Crippen molar-refractivity contribution in [3.8, 4) is 11.4 Å². The summed E-state index contributed by atoms with van der Waals surface area (Å²) in [6.07, 6.45) is 1.39. The number of hydrogen-bond acceptors (Lipinski definition) is 5. The van der Waals surface area contributed by atoms with Gasteiger partial charge in [-0.05, 0) is 86.7 Å². The summed E-state index contributed by atoms with van der Waals surface area (Å²) in [6, 6.07) is 21.1. The number of anilines is 1. The van der Waals surface area contributed by atoms with Crippen molar-refractivity contribution in [1.29, 1.82) is 0 Å². The first kappa shape index (κ1) is 26.8. The molecule has 3 aromatic carbocycles. The average molecular weight is 543 g/mol. The molecule has 5 rings (SSSR count). The third kappa shape index (κ3) is 6.09. The largest absolute Gasteiger partial charge is 0.338 e. The number of amides is 1. The number of benzene rings is 3. The minimum atomic E-state index is -3.52. The van der Waals surface area contributed by atoms with Gasteiger partial charge in [-0.3, -0.25) is 9.36 Å². The third-order valence-electron chi connectivity index (χ3n) is 6.65. The van der Waals surface area contributed by atoms with E-state index in [1.165, 1.54) is 0 Å². The fourth-order valence-electron chi connectivity index (χ4n) is 4.91. The number of aromatic nitrogens is 3. The van der Waals surface area contributed by atoms with Crippen molar-refractivity contribution in [1.82, 2.24) is 15.0 Å². The lowest BCUT2D eigenvalue weighted by atomic mass is 9.97. The molecule has 0 bridgehead atoms. The van der Waals surface area contributed by atoms with Crippen LogP contribution in [0, 0.1) is 13.8 Å². The molecule has 5 aromatic rings. The van der Waals surface area contributed by atoms with Crippen LogP contribution in [-0.4, -0.2) is 38.5 Å². The van der Waals surface area contributed by atoms with E-state index in [4.69, 9.17) is 9.51 Å². The number of pyridine rings is 1. The molecular formula is C30H31N4O4P. The molecule has 0 aliphatic rings. The number of H-pyrrole nitrogens is 1. The van der Waals surface area contributed by atoms with E-state index in [9.17, 15) is 14.3 Å². The number of imidazole rings is 1. The van der Waals surface area contributed by atoms with Gasteiger partial charge in [0.15, 0.2) is 0 Å². The van der Waals surface area contributed by atoms with Crippen molar-refractivity contribution in [2.45, 2.75) is 33.6 Å². The van der Waals surface area contributed by atoms with Gasteiger partial charge in [-0.15, -0.1) is 0 Å². The first-order valence-electron chi connectivity index (χ1n) is 13.0. The fourth-order valence-corrected chi connectivity index (χ4v) is 6.00. The zero-order valence-corrected chi connectivity index (χ0v) is 23.1. The molecule has 2 aromatic heterocycles. The van der Waals surface area contributed by atoms with E-state index in [1.807, 2.05) is 50.2 Å². The van der Waals surface area contributed by atoms with Crippen molar-refractivity contribution in [2.75, 3.05) is 18.1 Å². The lowest BCUT2D eigenvalue weighted by Gasteiger charge is -2.13. The number of para-hydroxylation sites is 1.